The van der Waals surface area contributed by atoms with E-state index in [9.17, 15) is 0 Å². The zero-order chi connectivity index (χ0) is 86.6. The Balaban J connectivity index is 0.000000115. The second-order valence-corrected chi connectivity index (χ2v) is 32.7. The lowest BCUT2D eigenvalue weighted by Crippen LogP contribution is -2.20. The van der Waals surface area contributed by atoms with Crippen molar-refractivity contribution >= 4 is 22.6 Å². The topological polar surface area (TPSA) is 227 Å². The number of rotatable bonds is 30. The van der Waals surface area contributed by atoms with Crippen molar-refractivity contribution in [1.82, 2.24) is 97.1 Å². The molecule has 7 aromatic carbocycles. The molecule has 3 aliphatic heterocycles. The Hall–Kier alpha value is -14.4. The molecule has 14 heterocycles. The van der Waals surface area contributed by atoms with E-state index in [-0.39, 0.29) is 0 Å². The van der Waals surface area contributed by atoms with Crippen molar-refractivity contribution in [1.29, 1.82) is 0 Å². The largest absolute Gasteiger partial charge is 0.497 e. The number of benzene rings is 7. The van der Waals surface area contributed by atoms with Gasteiger partial charge in [-0.25, -0.2) is 48.0 Å². The van der Waals surface area contributed by atoms with Crippen molar-refractivity contribution in [3.8, 4) is 73.8 Å². The number of hydrogen-bond acceptors (Lipinski definition) is 18. The summed E-state index contributed by atoms with van der Waals surface area (Å²) in [5.74, 6) is 7.32. The normalized spacial score (nSPS) is 13.2. The number of imidazole rings is 2. The lowest BCUT2D eigenvalue weighted by Gasteiger charge is -2.19. The third-order valence-electron chi connectivity index (χ3n) is 23.5. The third kappa shape index (κ3) is 21.7. The Morgan fingerprint density at radius 2 is 0.742 bits per heavy atom. The van der Waals surface area contributed by atoms with Gasteiger partial charge in [0.15, 0.2) is 57.4 Å². The maximum Gasteiger partial charge on any atom is 0.162 e. The monoisotopic (exact) mass is 1700 g/mol. The molecule has 3 aliphatic rings. The highest BCUT2D eigenvalue weighted by Crippen LogP contribution is 2.36. The van der Waals surface area contributed by atoms with Crippen LogP contribution >= 0.6 is 0 Å². The van der Waals surface area contributed by atoms with Crippen LogP contribution in [0.25, 0.3) is 67.6 Å². The fourth-order valence-corrected chi connectivity index (χ4v) is 16.8. The van der Waals surface area contributed by atoms with Crippen LogP contribution in [0, 0.1) is 0 Å². The van der Waals surface area contributed by atoms with E-state index in [2.05, 4.69) is 126 Å². The van der Waals surface area contributed by atoms with Crippen molar-refractivity contribution < 1.29 is 23.7 Å². The Morgan fingerprint density at radius 1 is 0.352 bits per heavy atom. The molecule has 0 aliphatic carbocycles. The van der Waals surface area contributed by atoms with Crippen LogP contribution in [0.4, 0.5) is 0 Å². The first-order valence-corrected chi connectivity index (χ1v) is 44.5. The summed E-state index contributed by atoms with van der Waals surface area (Å²) in [7, 11) is 5.26. The maximum absolute atomic E-state index is 5.91. The third-order valence-corrected chi connectivity index (χ3v) is 23.5. The molecule has 0 radical (unpaired) electrons. The predicted molar refractivity (Wildman–Crippen MR) is 498 cm³/mol. The average molecular weight is 1700 g/mol. The minimum Gasteiger partial charge on any atom is -0.497 e. The molecule has 0 saturated carbocycles. The van der Waals surface area contributed by atoms with Crippen molar-refractivity contribution in [3.63, 3.8) is 0 Å². The smallest absolute Gasteiger partial charge is 0.162 e. The first kappa shape index (κ1) is 84.4. The molecule has 11 aromatic heterocycles. The van der Waals surface area contributed by atoms with Crippen molar-refractivity contribution in [3.05, 3.63) is 349 Å². The molecule has 0 N–H and O–H groups in total. The summed E-state index contributed by atoms with van der Waals surface area (Å²) >= 11 is 0. The highest BCUT2D eigenvalue weighted by Gasteiger charge is 2.20. The van der Waals surface area contributed by atoms with E-state index in [1.807, 2.05) is 207 Å². The molecule has 128 heavy (non-hydrogen) atoms. The van der Waals surface area contributed by atoms with Crippen molar-refractivity contribution in [2.45, 2.75) is 103 Å². The molecule has 0 unspecified atom stereocenters. The van der Waals surface area contributed by atoms with Gasteiger partial charge in [0.2, 0.25) is 0 Å². The van der Waals surface area contributed by atoms with Crippen LogP contribution in [0.3, 0.4) is 0 Å². The van der Waals surface area contributed by atoms with Gasteiger partial charge < -0.3 is 42.6 Å². The molecule has 2 saturated heterocycles. The van der Waals surface area contributed by atoms with Gasteiger partial charge in [-0.1, -0.05) is 109 Å². The number of fused-ring (bicyclic) bond motifs is 5. The lowest BCUT2D eigenvalue weighted by atomic mass is 10.1. The van der Waals surface area contributed by atoms with Crippen LogP contribution in [0.5, 0.6) is 28.7 Å². The van der Waals surface area contributed by atoms with E-state index in [1.165, 1.54) is 111 Å². The Bertz CT molecular complexity index is 6590. The van der Waals surface area contributed by atoms with Crippen molar-refractivity contribution in [2.75, 3.05) is 73.3 Å². The fraction of sp³-hybridized carbons (Fsp3) is 0.272. The first-order chi connectivity index (χ1) is 63.1. The van der Waals surface area contributed by atoms with Gasteiger partial charge in [-0.3, -0.25) is 4.68 Å². The summed E-state index contributed by atoms with van der Waals surface area (Å²) in [6.07, 6.45) is 30.2. The molecule has 0 spiro atoms. The molecule has 0 atom stereocenters. The maximum atomic E-state index is 5.91. The van der Waals surface area contributed by atoms with Gasteiger partial charge in [0.05, 0.1) is 62.4 Å². The van der Waals surface area contributed by atoms with E-state index in [4.69, 9.17) is 64.0 Å². The van der Waals surface area contributed by atoms with E-state index in [0.717, 1.165) is 177 Å². The summed E-state index contributed by atoms with van der Waals surface area (Å²) in [5, 5.41) is 23.5. The molecule has 25 nitrogen and oxygen atoms in total. The van der Waals surface area contributed by atoms with Gasteiger partial charge in [0.25, 0.3) is 0 Å². The molecule has 0 amide bonds. The van der Waals surface area contributed by atoms with Crippen LogP contribution in [0.2, 0.25) is 0 Å². The van der Waals surface area contributed by atoms with Gasteiger partial charge >= 0.3 is 0 Å². The van der Waals surface area contributed by atoms with Gasteiger partial charge in [0.1, 0.15) is 37.1 Å². The molecular formula is C103H106N20O5. The van der Waals surface area contributed by atoms with E-state index in [1.54, 1.807) is 31.4 Å². The number of methoxy groups -OCH3 is 2. The van der Waals surface area contributed by atoms with Crippen LogP contribution < -0.4 is 23.7 Å². The standard InChI is InChI=1S/C28H30N4O2.C26H25N5O.C25H23N5O2.C24H28N6/c1-2-15-31(14-1)16-4-5-21-8-10-22(11-9-21)19-27-29-28-7-3-6-24(32(28)30-27)23-12-13-25-26(20-23)34-18-17-33-25;1-32-23-13-11-22(12-14-23)24-5-2-6-26-28-25(29-31(24)26)18-21-9-7-20(8-10-21)4-3-16-30-17-15-27-19-30;1-31-21-10-8-20(9-11-21)23-6-3-7-25-27-24(28-30(23)25)17-19-4-2-5-22(16-19)32-15-14-29-13-12-26-18-29;1-28-18-21(17-25-28)22-7-4-8-24-26-23(27-30(22)24)16-20-11-9-19(10-12-20)6-5-15-29-13-2-3-14-29/h3,6-13,20H,1-2,4-5,14-19H2;2,5-15,17,19H,3-4,16,18H2,1H3;2-13,16,18H,14-15,17H2,1H3;4,7-12,17-18H,2-3,5-6,13-16H2,1H3. The number of pyridine rings is 4. The SMILES string of the molecule is COc1ccc(-c2cccc3nc(Cc4ccc(CCCn5ccnc5)cc4)nn23)cc1.COc1ccc(-c2cccc3nc(Cc4cccc(OCCn5ccnc5)c4)nn23)cc1.Cn1cc(-c2cccc3nc(Cc4ccc(CCCN5CCCC5)cc4)nn23)cn1.c1cc(-c2ccc3c(c2)OCCO3)n2nc(Cc3ccc(CCCN4CCCC4)cc3)nc2c1. The number of aromatic nitrogens is 18. The molecule has 25 heteroatoms. The molecule has 648 valence electrons. The fourth-order valence-electron chi connectivity index (χ4n) is 16.8. The highest BCUT2D eigenvalue weighted by molar-refractivity contribution is 5.68. The van der Waals surface area contributed by atoms with Crippen molar-refractivity contribution in [2.24, 2.45) is 7.05 Å². The molecule has 21 rings (SSSR count). The predicted octanol–water partition coefficient (Wildman–Crippen LogP) is 17.6. The summed E-state index contributed by atoms with van der Waals surface area (Å²) < 4.78 is 41.4. The minimum atomic E-state index is 0.575. The second kappa shape index (κ2) is 41.1. The number of ether oxygens (including phenoxy) is 5. The van der Waals surface area contributed by atoms with Gasteiger partial charge in [0, 0.05) is 92.5 Å². The van der Waals surface area contributed by atoms with Crippen LogP contribution in [0.15, 0.2) is 286 Å². The minimum absolute atomic E-state index is 0.575. The van der Waals surface area contributed by atoms with E-state index < -0.39 is 0 Å². The Labute approximate surface area is 744 Å². The number of hydrogen-bond donors (Lipinski definition) is 0. The molecular weight excluding hydrogens is 1600 g/mol. The molecule has 0 bridgehead atoms. The Morgan fingerprint density at radius 3 is 1.16 bits per heavy atom. The van der Waals surface area contributed by atoms with Gasteiger partial charge in [-0.05, 0) is 270 Å². The number of likely N-dealkylation sites (tertiary alicyclic amines) is 2. The highest BCUT2D eigenvalue weighted by atomic mass is 16.6. The number of nitrogens with zero attached hydrogens (tertiary/aromatic N) is 20. The number of aryl methyl sites for hydroxylation is 5. The quantitative estimate of drug-likeness (QED) is 0.0408. The summed E-state index contributed by atoms with van der Waals surface area (Å²) in [6, 6.07) is 81.0. The lowest BCUT2D eigenvalue weighted by molar-refractivity contribution is 0.171. The van der Waals surface area contributed by atoms with E-state index >= 15 is 0 Å². The summed E-state index contributed by atoms with van der Waals surface area (Å²) in [5.41, 5.74) is 20.6. The van der Waals surface area contributed by atoms with Gasteiger partial charge in [-0.15, -0.1) is 0 Å². The Kier molecular flexibility index (Phi) is 27.1. The summed E-state index contributed by atoms with van der Waals surface area (Å²) in [6.45, 7) is 11.1. The average Bonchev–Trinajstić information content (AvgIpc) is 1.57. The zero-order valence-electron chi connectivity index (χ0n) is 72.8. The zero-order valence-corrected chi connectivity index (χ0v) is 72.8. The second-order valence-electron chi connectivity index (χ2n) is 32.7. The first-order valence-electron chi connectivity index (χ1n) is 44.5. The van der Waals surface area contributed by atoms with Crippen LogP contribution in [-0.4, -0.2) is 170 Å². The molecule has 2 fully saturated rings. The summed E-state index contributed by atoms with van der Waals surface area (Å²) in [4.78, 5) is 32.3. The van der Waals surface area contributed by atoms with Crippen LogP contribution in [-0.2, 0) is 65.1 Å². The van der Waals surface area contributed by atoms with Crippen LogP contribution in [0.1, 0.15) is 107 Å². The van der Waals surface area contributed by atoms with Gasteiger partial charge in [-0.2, -0.15) is 25.5 Å². The van der Waals surface area contributed by atoms with E-state index in [0.29, 0.717) is 32.7 Å². The molecule has 18 aromatic rings.